The average molecular weight is 362 g/mol. The molecule has 0 unspecified atom stereocenters. The van der Waals surface area contributed by atoms with E-state index >= 15 is 0 Å². The molecule has 2 rings (SSSR count). The number of nitrogens with one attached hydrogen (secondary N) is 2. The molecule has 1 amide bonds. The predicted molar refractivity (Wildman–Crippen MR) is 100 cm³/mol. The molecule has 0 aliphatic carbocycles. The maximum Gasteiger partial charge on any atom is 0.331 e. The highest BCUT2D eigenvalue weighted by Gasteiger charge is 2.53. The van der Waals surface area contributed by atoms with Crippen molar-refractivity contribution in [3.8, 4) is 5.75 Å². The van der Waals surface area contributed by atoms with Crippen molar-refractivity contribution in [2.24, 2.45) is 0 Å². The van der Waals surface area contributed by atoms with Crippen LogP contribution in [-0.4, -0.2) is 42.2 Å². The van der Waals surface area contributed by atoms with E-state index in [9.17, 15) is 9.59 Å². The van der Waals surface area contributed by atoms with Gasteiger partial charge in [0, 0.05) is 16.6 Å². The van der Waals surface area contributed by atoms with Crippen molar-refractivity contribution in [1.82, 2.24) is 10.6 Å². The highest BCUT2D eigenvalue weighted by Crippen LogP contribution is 2.37. The zero-order valence-corrected chi connectivity index (χ0v) is 16.6. The summed E-state index contributed by atoms with van der Waals surface area (Å²) in [4.78, 5) is 25.7. The second-order valence-corrected chi connectivity index (χ2v) is 8.23. The number of rotatable bonds is 5. The molecular formula is C20H30N2O4. The molecule has 1 aliphatic rings. The average Bonchev–Trinajstić information content (AvgIpc) is 2.52. The van der Waals surface area contributed by atoms with Crippen LogP contribution in [0.3, 0.4) is 0 Å². The summed E-state index contributed by atoms with van der Waals surface area (Å²) in [5.74, 6) is -0.00972. The number of hydrogen-bond donors (Lipinski definition) is 2. The van der Waals surface area contributed by atoms with Gasteiger partial charge in [-0.2, -0.15) is 0 Å². The van der Waals surface area contributed by atoms with Crippen molar-refractivity contribution in [1.29, 1.82) is 0 Å². The molecule has 144 valence electrons. The standard InChI is InChI=1S/C20H30N2O4/c1-7-26-17(24)20(12-18(2,3)22-19(4,5)13-20)21-16(23)14-8-10-15(25-6)11-9-14/h8-11,22H,7,12-13H2,1-6H3,(H,21,23). The van der Waals surface area contributed by atoms with Gasteiger partial charge in [-0.3, -0.25) is 4.79 Å². The van der Waals surface area contributed by atoms with E-state index in [1.807, 2.05) is 27.7 Å². The molecule has 0 atom stereocenters. The van der Waals surface area contributed by atoms with E-state index in [1.54, 1.807) is 38.3 Å². The van der Waals surface area contributed by atoms with Gasteiger partial charge in [-0.05, 0) is 71.7 Å². The molecule has 1 aromatic rings. The van der Waals surface area contributed by atoms with Crippen molar-refractivity contribution in [3.63, 3.8) is 0 Å². The number of hydrogen-bond acceptors (Lipinski definition) is 5. The van der Waals surface area contributed by atoms with Crippen LogP contribution in [0.4, 0.5) is 0 Å². The van der Waals surface area contributed by atoms with E-state index in [0.717, 1.165) is 0 Å². The van der Waals surface area contributed by atoms with Crippen LogP contribution >= 0.6 is 0 Å². The summed E-state index contributed by atoms with van der Waals surface area (Å²) < 4.78 is 10.5. The Labute approximate surface area is 155 Å². The number of piperidine rings is 1. The van der Waals surface area contributed by atoms with Crippen LogP contribution in [0, 0.1) is 0 Å². The SMILES string of the molecule is CCOC(=O)C1(NC(=O)c2ccc(OC)cc2)CC(C)(C)NC(C)(C)C1. The highest BCUT2D eigenvalue weighted by molar-refractivity contribution is 5.98. The largest absolute Gasteiger partial charge is 0.497 e. The van der Waals surface area contributed by atoms with E-state index in [2.05, 4.69) is 10.6 Å². The van der Waals surface area contributed by atoms with Gasteiger partial charge in [0.05, 0.1) is 13.7 Å². The summed E-state index contributed by atoms with van der Waals surface area (Å²) in [5.41, 5.74) is -1.27. The fourth-order valence-electron chi connectivity index (χ4n) is 4.16. The fraction of sp³-hybridized carbons (Fsp3) is 0.600. The van der Waals surface area contributed by atoms with Gasteiger partial charge in [0.25, 0.3) is 5.91 Å². The summed E-state index contributed by atoms with van der Waals surface area (Å²) >= 11 is 0. The molecule has 0 spiro atoms. The number of esters is 1. The molecule has 1 aliphatic heterocycles. The third-order valence-electron chi connectivity index (χ3n) is 4.54. The Bertz CT molecular complexity index is 649. The first-order valence-corrected chi connectivity index (χ1v) is 8.96. The van der Waals surface area contributed by atoms with Crippen LogP contribution in [0.5, 0.6) is 5.75 Å². The molecular weight excluding hydrogens is 332 g/mol. The molecule has 0 saturated carbocycles. The van der Waals surface area contributed by atoms with Crippen LogP contribution in [-0.2, 0) is 9.53 Å². The smallest absolute Gasteiger partial charge is 0.331 e. The maximum absolute atomic E-state index is 12.9. The number of carbonyl (C=O) groups is 2. The predicted octanol–water partition coefficient (Wildman–Crippen LogP) is 2.67. The van der Waals surface area contributed by atoms with E-state index in [1.165, 1.54) is 0 Å². The Balaban J connectivity index is 2.35. The molecule has 0 bridgehead atoms. The molecule has 2 N–H and O–H groups in total. The van der Waals surface area contributed by atoms with Gasteiger partial charge in [0.15, 0.2) is 0 Å². The first kappa shape index (κ1) is 20.2. The van der Waals surface area contributed by atoms with Crippen LogP contribution in [0.2, 0.25) is 0 Å². The Morgan fingerprint density at radius 3 is 2.08 bits per heavy atom. The Hall–Kier alpha value is -2.08. The minimum Gasteiger partial charge on any atom is -0.497 e. The molecule has 1 aromatic carbocycles. The quantitative estimate of drug-likeness (QED) is 0.788. The third-order valence-corrected chi connectivity index (χ3v) is 4.54. The minimum atomic E-state index is -1.08. The number of methoxy groups -OCH3 is 1. The second-order valence-electron chi connectivity index (χ2n) is 8.23. The first-order valence-electron chi connectivity index (χ1n) is 8.96. The topological polar surface area (TPSA) is 76.7 Å². The highest BCUT2D eigenvalue weighted by atomic mass is 16.5. The van der Waals surface area contributed by atoms with Crippen LogP contribution < -0.4 is 15.4 Å². The normalized spacial score (nSPS) is 20.1. The van der Waals surface area contributed by atoms with Crippen molar-refractivity contribution in [2.45, 2.75) is 64.1 Å². The zero-order valence-electron chi connectivity index (χ0n) is 16.6. The molecule has 0 radical (unpaired) electrons. The summed E-state index contributed by atoms with van der Waals surface area (Å²) in [6, 6.07) is 6.82. The summed E-state index contributed by atoms with van der Waals surface area (Å²) in [6.07, 6.45) is 0.897. The molecule has 0 aromatic heterocycles. The second kappa shape index (κ2) is 7.27. The number of ether oxygens (including phenoxy) is 2. The lowest BCUT2D eigenvalue weighted by atomic mass is 9.70. The summed E-state index contributed by atoms with van der Waals surface area (Å²) in [7, 11) is 1.57. The molecule has 6 nitrogen and oxygen atoms in total. The van der Waals surface area contributed by atoms with E-state index in [4.69, 9.17) is 9.47 Å². The van der Waals surface area contributed by atoms with Gasteiger partial charge >= 0.3 is 5.97 Å². The molecule has 1 heterocycles. The van der Waals surface area contributed by atoms with Gasteiger partial charge in [-0.1, -0.05) is 0 Å². The fourth-order valence-corrected chi connectivity index (χ4v) is 4.16. The van der Waals surface area contributed by atoms with Gasteiger partial charge < -0.3 is 20.1 Å². The van der Waals surface area contributed by atoms with Crippen LogP contribution in [0.25, 0.3) is 0 Å². The number of amides is 1. The van der Waals surface area contributed by atoms with Crippen molar-refractivity contribution in [2.75, 3.05) is 13.7 Å². The van der Waals surface area contributed by atoms with Gasteiger partial charge in [-0.15, -0.1) is 0 Å². The van der Waals surface area contributed by atoms with E-state index in [0.29, 0.717) is 24.2 Å². The first-order chi connectivity index (χ1) is 12.0. The van der Waals surface area contributed by atoms with Gasteiger partial charge in [-0.25, -0.2) is 4.79 Å². The Morgan fingerprint density at radius 1 is 1.08 bits per heavy atom. The molecule has 1 fully saturated rings. The lowest BCUT2D eigenvalue weighted by Crippen LogP contribution is -2.71. The zero-order chi connectivity index (χ0) is 19.6. The minimum absolute atomic E-state index is 0.271. The lowest BCUT2D eigenvalue weighted by Gasteiger charge is -2.51. The number of carbonyl (C=O) groups excluding carboxylic acids is 2. The van der Waals surface area contributed by atoms with Crippen molar-refractivity contribution in [3.05, 3.63) is 29.8 Å². The van der Waals surface area contributed by atoms with Crippen LogP contribution in [0.15, 0.2) is 24.3 Å². The molecule has 1 saturated heterocycles. The Kier molecular flexibility index (Phi) is 5.66. The summed E-state index contributed by atoms with van der Waals surface area (Å²) in [6.45, 7) is 10.2. The van der Waals surface area contributed by atoms with Gasteiger partial charge in [0.2, 0.25) is 0 Å². The van der Waals surface area contributed by atoms with E-state index in [-0.39, 0.29) is 29.6 Å². The summed E-state index contributed by atoms with van der Waals surface area (Å²) in [5, 5.41) is 6.52. The van der Waals surface area contributed by atoms with Gasteiger partial charge in [0.1, 0.15) is 11.3 Å². The monoisotopic (exact) mass is 362 g/mol. The van der Waals surface area contributed by atoms with Crippen LogP contribution in [0.1, 0.15) is 57.8 Å². The van der Waals surface area contributed by atoms with Crippen molar-refractivity contribution < 1.29 is 19.1 Å². The lowest BCUT2D eigenvalue weighted by molar-refractivity contribution is -0.155. The number of benzene rings is 1. The van der Waals surface area contributed by atoms with Crippen molar-refractivity contribution >= 4 is 11.9 Å². The molecule has 6 heteroatoms. The maximum atomic E-state index is 12.9. The third kappa shape index (κ3) is 4.55. The molecule has 26 heavy (non-hydrogen) atoms. The Morgan fingerprint density at radius 2 is 1.62 bits per heavy atom. The van der Waals surface area contributed by atoms with E-state index < -0.39 is 5.54 Å².